The lowest BCUT2D eigenvalue weighted by Crippen LogP contribution is -2.39. The summed E-state index contributed by atoms with van der Waals surface area (Å²) in [6.45, 7) is 5.44. The third kappa shape index (κ3) is 3.36. The van der Waals surface area contributed by atoms with Crippen molar-refractivity contribution in [2.45, 2.75) is 25.3 Å². The largest absolute Gasteiger partial charge is 0.497 e. The highest BCUT2D eigenvalue weighted by Crippen LogP contribution is 2.23. The molecule has 0 aliphatic carbocycles. The van der Waals surface area contributed by atoms with E-state index in [-0.39, 0.29) is 0 Å². The summed E-state index contributed by atoms with van der Waals surface area (Å²) < 4.78 is 5.16. The van der Waals surface area contributed by atoms with E-state index in [1.54, 1.807) is 7.11 Å². The summed E-state index contributed by atoms with van der Waals surface area (Å²) in [5.41, 5.74) is 1.34. The zero-order valence-corrected chi connectivity index (χ0v) is 11.3. The van der Waals surface area contributed by atoms with E-state index < -0.39 is 0 Å². The van der Waals surface area contributed by atoms with Gasteiger partial charge in [0.1, 0.15) is 5.75 Å². The summed E-state index contributed by atoms with van der Waals surface area (Å²) in [6.07, 6.45) is 1.10. The van der Waals surface area contributed by atoms with Gasteiger partial charge in [0.15, 0.2) is 0 Å². The predicted octanol–water partition coefficient (Wildman–Crippen LogP) is 3.14. The van der Waals surface area contributed by atoms with Gasteiger partial charge < -0.3 is 4.74 Å². The fourth-order valence-corrected chi connectivity index (χ4v) is 2.51. The van der Waals surface area contributed by atoms with Crippen LogP contribution in [0.25, 0.3) is 0 Å². The Kier molecular flexibility index (Phi) is 4.30. The lowest BCUT2D eigenvalue weighted by molar-refractivity contribution is 0.180. The number of piperidine rings is 1. The van der Waals surface area contributed by atoms with Crippen molar-refractivity contribution in [3.63, 3.8) is 0 Å². The monoisotopic (exact) mass is 253 g/mol. The normalized spacial score (nSPS) is 25.8. The molecular weight excluding hydrogens is 234 g/mol. The smallest absolute Gasteiger partial charge is 0.118 e. The fraction of sp³-hybridized carbons (Fsp3) is 0.571. The van der Waals surface area contributed by atoms with E-state index in [2.05, 4.69) is 24.0 Å². The summed E-state index contributed by atoms with van der Waals surface area (Å²) in [4.78, 5) is 2.48. The highest BCUT2D eigenvalue weighted by Gasteiger charge is 2.23. The Morgan fingerprint density at radius 2 is 2.06 bits per heavy atom. The van der Waals surface area contributed by atoms with Crippen molar-refractivity contribution in [3.05, 3.63) is 29.8 Å². The van der Waals surface area contributed by atoms with E-state index in [9.17, 15) is 0 Å². The summed E-state index contributed by atoms with van der Waals surface area (Å²) in [7, 11) is 1.70. The molecule has 94 valence electrons. The van der Waals surface area contributed by atoms with Gasteiger partial charge in [-0.15, -0.1) is 11.6 Å². The molecule has 1 aliphatic rings. The molecule has 1 fully saturated rings. The first kappa shape index (κ1) is 12.7. The minimum absolute atomic E-state index is 0.349. The van der Waals surface area contributed by atoms with Crippen LogP contribution in [-0.2, 0) is 6.54 Å². The molecule has 2 nitrogen and oxygen atoms in total. The number of hydrogen-bond donors (Lipinski definition) is 0. The Morgan fingerprint density at radius 3 is 2.65 bits per heavy atom. The van der Waals surface area contributed by atoms with E-state index in [1.165, 1.54) is 5.56 Å². The molecule has 1 saturated heterocycles. The second-order valence-corrected chi connectivity index (χ2v) is 5.43. The van der Waals surface area contributed by atoms with Crippen molar-refractivity contribution in [3.8, 4) is 5.75 Å². The second kappa shape index (κ2) is 5.74. The average molecular weight is 254 g/mol. The van der Waals surface area contributed by atoms with Crippen LogP contribution in [0.1, 0.15) is 18.9 Å². The number of likely N-dealkylation sites (tertiary alicyclic amines) is 1. The molecule has 17 heavy (non-hydrogen) atoms. The van der Waals surface area contributed by atoms with Gasteiger partial charge in [0.2, 0.25) is 0 Å². The summed E-state index contributed by atoms with van der Waals surface area (Å²) >= 11 is 6.23. The molecule has 1 aromatic rings. The molecular formula is C14H20ClNO. The van der Waals surface area contributed by atoms with Crippen LogP contribution in [0.3, 0.4) is 0 Å². The van der Waals surface area contributed by atoms with Crippen molar-refractivity contribution in [1.29, 1.82) is 0 Å². The molecule has 1 aliphatic heterocycles. The maximum atomic E-state index is 6.23. The van der Waals surface area contributed by atoms with Crippen LogP contribution in [0, 0.1) is 5.92 Å². The van der Waals surface area contributed by atoms with E-state index >= 15 is 0 Å². The Bertz CT molecular complexity index is 352. The number of halogens is 1. The van der Waals surface area contributed by atoms with E-state index in [4.69, 9.17) is 16.3 Å². The summed E-state index contributed by atoms with van der Waals surface area (Å²) in [5, 5.41) is 0.349. The first-order valence-electron chi connectivity index (χ1n) is 6.18. The minimum Gasteiger partial charge on any atom is -0.497 e. The lowest BCUT2D eigenvalue weighted by Gasteiger charge is -2.34. The number of nitrogens with zero attached hydrogens (tertiary/aromatic N) is 1. The van der Waals surface area contributed by atoms with Crippen molar-refractivity contribution in [2.75, 3.05) is 20.2 Å². The van der Waals surface area contributed by atoms with Gasteiger partial charge in [-0.05, 0) is 36.6 Å². The van der Waals surface area contributed by atoms with E-state index in [0.29, 0.717) is 11.3 Å². The molecule has 0 aromatic heterocycles. The quantitative estimate of drug-likeness (QED) is 0.768. The number of ether oxygens (including phenoxy) is 1. The molecule has 3 heteroatoms. The lowest BCUT2D eigenvalue weighted by atomic mass is 9.99. The number of methoxy groups -OCH3 is 1. The maximum Gasteiger partial charge on any atom is 0.118 e. The molecule has 2 unspecified atom stereocenters. The zero-order valence-electron chi connectivity index (χ0n) is 10.5. The van der Waals surface area contributed by atoms with Crippen LogP contribution in [0.2, 0.25) is 0 Å². The van der Waals surface area contributed by atoms with Crippen molar-refractivity contribution < 1.29 is 4.74 Å². The van der Waals surface area contributed by atoms with Crippen LogP contribution >= 0.6 is 11.6 Å². The van der Waals surface area contributed by atoms with Crippen LogP contribution in [0.4, 0.5) is 0 Å². The predicted molar refractivity (Wildman–Crippen MR) is 71.7 cm³/mol. The van der Waals surface area contributed by atoms with Crippen LogP contribution in [0.15, 0.2) is 24.3 Å². The first-order chi connectivity index (χ1) is 8.19. The standard InChI is InChI=1S/C14H20ClNO/c1-11-9-16(8-7-14(11)15)10-12-3-5-13(17-2)6-4-12/h3-6,11,14H,7-10H2,1-2H3. The van der Waals surface area contributed by atoms with Gasteiger partial charge in [-0.25, -0.2) is 0 Å². The number of benzene rings is 1. The summed E-state index contributed by atoms with van der Waals surface area (Å²) in [5.74, 6) is 1.50. The molecule has 0 saturated carbocycles. The minimum atomic E-state index is 0.349. The molecule has 0 spiro atoms. The van der Waals surface area contributed by atoms with Gasteiger partial charge in [0, 0.05) is 18.5 Å². The third-order valence-electron chi connectivity index (χ3n) is 3.45. The van der Waals surface area contributed by atoms with Crippen LogP contribution in [-0.4, -0.2) is 30.5 Å². The Morgan fingerprint density at radius 1 is 1.35 bits per heavy atom. The Balaban J connectivity index is 1.92. The third-order valence-corrected chi connectivity index (χ3v) is 4.10. The van der Waals surface area contributed by atoms with E-state index in [1.807, 2.05) is 12.1 Å². The average Bonchev–Trinajstić information content (AvgIpc) is 2.35. The van der Waals surface area contributed by atoms with Crippen molar-refractivity contribution >= 4 is 11.6 Å². The Labute approximate surface area is 109 Å². The molecule has 2 atom stereocenters. The van der Waals surface area contributed by atoms with Gasteiger partial charge in [0.05, 0.1) is 7.11 Å². The zero-order chi connectivity index (χ0) is 12.3. The van der Waals surface area contributed by atoms with Crippen LogP contribution in [0.5, 0.6) is 5.75 Å². The molecule has 1 heterocycles. The fourth-order valence-electron chi connectivity index (χ4n) is 2.34. The van der Waals surface area contributed by atoms with E-state index in [0.717, 1.165) is 31.8 Å². The topological polar surface area (TPSA) is 12.5 Å². The van der Waals surface area contributed by atoms with Gasteiger partial charge in [-0.2, -0.15) is 0 Å². The van der Waals surface area contributed by atoms with Crippen LogP contribution < -0.4 is 4.74 Å². The SMILES string of the molecule is COc1ccc(CN2CCC(Cl)C(C)C2)cc1. The molecule has 2 rings (SSSR count). The summed E-state index contributed by atoms with van der Waals surface area (Å²) in [6, 6.07) is 8.31. The molecule has 0 radical (unpaired) electrons. The molecule has 0 bridgehead atoms. The van der Waals surface area contributed by atoms with Gasteiger partial charge in [-0.1, -0.05) is 19.1 Å². The highest BCUT2D eigenvalue weighted by atomic mass is 35.5. The second-order valence-electron chi connectivity index (χ2n) is 4.87. The number of alkyl halides is 1. The van der Waals surface area contributed by atoms with Crippen molar-refractivity contribution in [2.24, 2.45) is 5.92 Å². The number of hydrogen-bond acceptors (Lipinski definition) is 2. The molecule has 0 amide bonds. The molecule has 1 aromatic carbocycles. The van der Waals surface area contributed by atoms with Crippen molar-refractivity contribution in [1.82, 2.24) is 4.90 Å². The van der Waals surface area contributed by atoms with Gasteiger partial charge in [0.25, 0.3) is 0 Å². The first-order valence-corrected chi connectivity index (χ1v) is 6.62. The number of rotatable bonds is 3. The maximum absolute atomic E-state index is 6.23. The Hall–Kier alpha value is -0.730. The molecule has 0 N–H and O–H groups in total. The van der Waals surface area contributed by atoms with Gasteiger partial charge in [-0.3, -0.25) is 4.90 Å². The highest BCUT2D eigenvalue weighted by molar-refractivity contribution is 6.20. The van der Waals surface area contributed by atoms with Gasteiger partial charge >= 0.3 is 0 Å².